The Morgan fingerprint density at radius 2 is 1.58 bits per heavy atom. The van der Waals surface area contributed by atoms with Crippen molar-refractivity contribution in [3.8, 4) is 0 Å². The first kappa shape index (κ1) is 19.8. The molecule has 0 spiro atoms. The van der Waals surface area contributed by atoms with Gasteiger partial charge in [0.1, 0.15) is 11.5 Å². The van der Waals surface area contributed by atoms with Gasteiger partial charge in [-0.15, -0.1) is 0 Å². The molecule has 0 unspecified atom stereocenters. The van der Waals surface area contributed by atoms with Gasteiger partial charge < -0.3 is 4.74 Å². The van der Waals surface area contributed by atoms with Crippen LogP contribution in [0.15, 0.2) is 52.3 Å². The van der Waals surface area contributed by atoms with Crippen molar-refractivity contribution >= 4 is 32.0 Å². The van der Waals surface area contributed by atoms with Gasteiger partial charge in [-0.3, -0.25) is 14.4 Å². The highest BCUT2D eigenvalue weighted by molar-refractivity contribution is 7.86. The quantitative estimate of drug-likeness (QED) is 0.646. The van der Waals surface area contributed by atoms with Crippen LogP contribution in [0.5, 0.6) is 0 Å². The Kier molecular flexibility index (Phi) is 5.66. The van der Waals surface area contributed by atoms with Crippen molar-refractivity contribution < 1.29 is 35.5 Å². The van der Waals surface area contributed by atoms with Crippen LogP contribution in [0.25, 0.3) is 0 Å². The Morgan fingerprint density at radius 3 is 2.12 bits per heavy atom. The molecule has 0 atom stereocenters. The molecular weight excluding hydrogens is 386 g/mol. The van der Waals surface area contributed by atoms with Gasteiger partial charge in [-0.2, -0.15) is 16.8 Å². The third kappa shape index (κ3) is 5.02. The standard InChI is InChI=1S/C15H15NO8S2/c1-10-7-14(26(21,22)23)12(8-13(10)25(18,19)20)16-15(17)24-9-11-5-3-2-4-6-11/h2-8H,9H2,1H3,(H,16,17)(H,18,19,20)(H,21,22,23). The van der Waals surface area contributed by atoms with Crippen LogP contribution in [0.3, 0.4) is 0 Å². The van der Waals surface area contributed by atoms with Gasteiger partial charge in [0, 0.05) is 0 Å². The second kappa shape index (κ2) is 7.41. The van der Waals surface area contributed by atoms with Gasteiger partial charge in [-0.05, 0) is 30.2 Å². The fraction of sp³-hybridized carbons (Fsp3) is 0.133. The molecule has 0 radical (unpaired) electrons. The number of carbonyl (C=O) groups excluding carboxylic acids is 1. The van der Waals surface area contributed by atoms with Crippen molar-refractivity contribution in [3.63, 3.8) is 0 Å². The maximum absolute atomic E-state index is 11.9. The fourth-order valence-corrected chi connectivity index (χ4v) is 3.57. The van der Waals surface area contributed by atoms with Crippen LogP contribution >= 0.6 is 0 Å². The lowest BCUT2D eigenvalue weighted by atomic mass is 10.2. The average molecular weight is 401 g/mol. The molecule has 0 bridgehead atoms. The van der Waals surface area contributed by atoms with Crippen LogP contribution < -0.4 is 5.32 Å². The van der Waals surface area contributed by atoms with Crippen molar-refractivity contribution in [2.45, 2.75) is 23.3 Å². The molecule has 1 amide bonds. The van der Waals surface area contributed by atoms with E-state index in [0.717, 1.165) is 12.1 Å². The van der Waals surface area contributed by atoms with Gasteiger partial charge in [0.2, 0.25) is 0 Å². The number of aryl methyl sites for hydroxylation is 1. The average Bonchev–Trinajstić information content (AvgIpc) is 2.53. The van der Waals surface area contributed by atoms with Crippen LogP contribution in [0.4, 0.5) is 10.5 Å². The molecule has 0 aromatic heterocycles. The summed E-state index contributed by atoms with van der Waals surface area (Å²) in [5.74, 6) is 0. The molecule has 0 fully saturated rings. The molecule has 0 saturated heterocycles. The smallest absolute Gasteiger partial charge is 0.411 e. The topological polar surface area (TPSA) is 147 Å². The zero-order valence-electron chi connectivity index (χ0n) is 13.4. The SMILES string of the molecule is Cc1cc(S(=O)(=O)O)c(NC(=O)OCc2ccccc2)cc1S(=O)(=O)O. The molecule has 3 N–H and O–H groups in total. The fourth-order valence-electron chi connectivity index (χ4n) is 2.12. The summed E-state index contributed by atoms with van der Waals surface area (Å²) in [6.45, 7) is 1.10. The second-order valence-electron chi connectivity index (χ2n) is 5.25. The number of benzene rings is 2. The minimum Gasteiger partial charge on any atom is -0.444 e. The lowest BCUT2D eigenvalue weighted by Crippen LogP contribution is -2.17. The highest BCUT2D eigenvalue weighted by atomic mass is 32.2. The predicted molar refractivity (Wildman–Crippen MR) is 91.1 cm³/mol. The summed E-state index contributed by atoms with van der Waals surface area (Å²) in [6, 6.07) is 10.1. The summed E-state index contributed by atoms with van der Waals surface area (Å²) >= 11 is 0. The number of rotatable bonds is 5. The third-order valence-electron chi connectivity index (χ3n) is 3.28. The monoisotopic (exact) mass is 401 g/mol. The largest absolute Gasteiger partial charge is 0.444 e. The Morgan fingerprint density at radius 1 is 1.00 bits per heavy atom. The molecule has 0 saturated carbocycles. The van der Waals surface area contributed by atoms with Crippen LogP contribution in [0.1, 0.15) is 11.1 Å². The van der Waals surface area contributed by atoms with E-state index in [-0.39, 0.29) is 12.2 Å². The van der Waals surface area contributed by atoms with E-state index in [0.29, 0.717) is 5.56 Å². The van der Waals surface area contributed by atoms with Crippen molar-refractivity contribution in [1.29, 1.82) is 0 Å². The lowest BCUT2D eigenvalue weighted by Gasteiger charge is -2.13. The summed E-state index contributed by atoms with van der Waals surface area (Å²) < 4.78 is 69.1. The van der Waals surface area contributed by atoms with Crippen molar-refractivity contribution in [2.24, 2.45) is 0 Å². The Bertz CT molecular complexity index is 1030. The first-order valence-corrected chi connectivity index (χ1v) is 9.94. The molecule has 9 nitrogen and oxygen atoms in total. The predicted octanol–water partition coefficient (Wildman–Crippen LogP) is 2.24. The maximum Gasteiger partial charge on any atom is 0.411 e. The van der Waals surface area contributed by atoms with Crippen LogP contribution in [-0.2, 0) is 31.6 Å². The summed E-state index contributed by atoms with van der Waals surface area (Å²) in [5.41, 5.74) is -0.0210. The molecular formula is C15H15NO8S2. The summed E-state index contributed by atoms with van der Waals surface area (Å²) in [4.78, 5) is 10.5. The number of anilines is 1. The van der Waals surface area contributed by atoms with E-state index in [1.807, 2.05) is 0 Å². The van der Waals surface area contributed by atoms with E-state index >= 15 is 0 Å². The molecule has 2 rings (SSSR count). The molecule has 2 aromatic carbocycles. The minimum atomic E-state index is -4.78. The number of nitrogens with one attached hydrogen (secondary N) is 1. The maximum atomic E-state index is 11.9. The van der Waals surface area contributed by atoms with Crippen molar-refractivity contribution in [3.05, 3.63) is 53.6 Å². The Balaban J connectivity index is 2.33. The van der Waals surface area contributed by atoms with Gasteiger partial charge >= 0.3 is 6.09 Å². The first-order chi connectivity index (χ1) is 12.0. The van der Waals surface area contributed by atoms with Gasteiger partial charge in [-0.1, -0.05) is 30.3 Å². The molecule has 11 heteroatoms. The summed E-state index contributed by atoms with van der Waals surface area (Å²) in [7, 11) is -9.46. The van der Waals surface area contributed by atoms with Crippen LogP contribution in [0, 0.1) is 6.92 Å². The van der Waals surface area contributed by atoms with Gasteiger partial charge in [-0.25, -0.2) is 4.79 Å². The molecule has 2 aromatic rings. The Labute approximate surface area is 150 Å². The molecule has 0 aliphatic rings. The van der Waals surface area contributed by atoms with E-state index < -0.39 is 41.8 Å². The highest BCUT2D eigenvalue weighted by Gasteiger charge is 2.23. The number of hydrogen-bond acceptors (Lipinski definition) is 6. The molecule has 0 heterocycles. The Hall–Kier alpha value is -2.47. The van der Waals surface area contributed by atoms with E-state index in [4.69, 9.17) is 4.74 Å². The third-order valence-corrected chi connectivity index (χ3v) is 5.17. The lowest BCUT2D eigenvalue weighted by molar-refractivity contribution is 0.155. The number of amides is 1. The normalized spacial score (nSPS) is 11.8. The molecule has 26 heavy (non-hydrogen) atoms. The molecule has 140 valence electrons. The highest BCUT2D eigenvalue weighted by Crippen LogP contribution is 2.28. The van der Waals surface area contributed by atoms with E-state index in [2.05, 4.69) is 5.32 Å². The van der Waals surface area contributed by atoms with Gasteiger partial charge in [0.15, 0.2) is 0 Å². The van der Waals surface area contributed by atoms with Crippen molar-refractivity contribution in [2.75, 3.05) is 5.32 Å². The van der Waals surface area contributed by atoms with Gasteiger partial charge in [0.25, 0.3) is 20.2 Å². The first-order valence-electron chi connectivity index (χ1n) is 7.06. The number of hydrogen-bond donors (Lipinski definition) is 3. The molecule has 0 aliphatic carbocycles. The van der Waals surface area contributed by atoms with Crippen LogP contribution in [0.2, 0.25) is 0 Å². The zero-order chi connectivity index (χ0) is 19.5. The van der Waals surface area contributed by atoms with Gasteiger partial charge in [0.05, 0.1) is 10.6 Å². The number of carbonyl (C=O) groups is 1. The van der Waals surface area contributed by atoms with E-state index in [1.165, 1.54) is 6.92 Å². The number of ether oxygens (including phenoxy) is 1. The van der Waals surface area contributed by atoms with Crippen LogP contribution in [-0.4, -0.2) is 32.0 Å². The minimum absolute atomic E-state index is 0.120. The molecule has 0 aliphatic heterocycles. The summed E-state index contributed by atoms with van der Waals surface area (Å²) in [6.07, 6.45) is -1.08. The van der Waals surface area contributed by atoms with E-state index in [1.54, 1.807) is 30.3 Å². The van der Waals surface area contributed by atoms with Crippen molar-refractivity contribution in [1.82, 2.24) is 0 Å². The zero-order valence-corrected chi connectivity index (χ0v) is 15.0. The van der Waals surface area contributed by atoms with E-state index in [9.17, 15) is 30.7 Å². The second-order valence-corrected chi connectivity index (χ2v) is 8.03. The summed E-state index contributed by atoms with van der Waals surface area (Å²) in [5, 5.41) is 2.05.